The Hall–Kier alpha value is -2.63. The molecule has 1 heterocycles. The third kappa shape index (κ3) is 3.92. The minimum atomic E-state index is -0.431. The average Bonchev–Trinajstić information content (AvgIpc) is 2.49. The number of benzene rings is 1. The highest BCUT2D eigenvalue weighted by atomic mass is 16.6. The number of aryl methyl sites for hydroxylation is 1. The van der Waals surface area contributed by atoms with Gasteiger partial charge in [0.2, 0.25) is 5.82 Å². The summed E-state index contributed by atoms with van der Waals surface area (Å²) in [5.41, 5.74) is 1.17. The molecule has 0 radical (unpaired) electrons. The largest absolute Gasteiger partial charge is 0.492 e. The van der Waals surface area contributed by atoms with Crippen LogP contribution < -0.4 is 9.64 Å². The van der Waals surface area contributed by atoms with Crippen LogP contribution in [-0.2, 0) is 0 Å². The number of nitrogens with zero attached hydrogens (tertiary/aromatic N) is 3. The van der Waals surface area contributed by atoms with Gasteiger partial charge in [-0.2, -0.15) is 0 Å². The van der Waals surface area contributed by atoms with Gasteiger partial charge in [0, 0.05) is 19.3 Å². The maximum atomic E-state index is 11.0. The van der Waals surface area contributed by atoms with Crippen molar-refractivity contribution in [3.05, 3.63) is 58.3 Å². The van der Waals surface area contributed by atoms with Gasteiger partial charge in [0.15, 0.2) is 0 Å². The molecule has 6 heteroatoms. The van der Waals surface area contributed by atoms with Crippen LogP contribution in [0.4, 0.5) is 11.5 Å². The second-order valence-electron chi connectivity index (χ2n) is 4.69. The minimum Gasteiger partial charge on any atom is -0.492 e. The normalized spacial score (nSPS) is 10.2. The third-order valence-corrected chi connectivity index (χ3v) is 3.04. The summed E-state index contributed by atoms with van der Waals surface area (Å²) in [5.74, 6) is 1.12. The Morgan fingerprint density at radius 3 is 2.67 bits per heavy atom. The minimum absolute atomic E-state index is 0.00432. The molecule has 0 N–H and O–H groups in total. The van der Waals surface area contributed by atoms with Crippen LogP contribution in [0.5, 0.6) is 5.75 Å². The quantitative estimate of drug-likeness (QED) is 0.603. The summed E-state index contributed by atoms with van der Waals surface area (Å²) in [5, 5.41) is 11.0. The number of pyridine rings is 1. The summed E-state index contributed by atoms with van der Waals surface area (Å²) in [6, 6.07) is 10.8. The molecule has 6 nitrogen and oxygen atoms in total. The van der Waals surface area contributed by atoms with E-state index < -0.39 is 4.92 Å². The second kappa shape index (κ2) is 6.69. The molecule has 0 bridgehead atoms. The van der Waals surface area contributed by atoms with E-state index in [2.05, 4.69) is 4.98 Å². The summed E-state index contributed by atoms with van der Waals surface area (Å²) < 4.78 is 5.61. The van der Waals surface area contributed by atoms with Crippen LogP contribution in [0.15, 0.2) is 42.6 Å². The molecule has 110 valence electrons. The van der Waals surface area contributed by atoms with E-state index in [1.807, 2.05) is 31.2 Å². The van der Waals surface area contributed by atoms with Crippen LogP contribution in [-0.4, -0.2) is 30.1 Å². The highest BCUT2D eigenvalue weighted by molar-refractivity contribution is 5.56. The molecule has 0 atom stereocenters. The van der Waals surface area contributed by atoms with E-state index >= 15 is 0 Å². The molecule has 0 unspecified atom stereocenters. The number of likely N-dealkylation sites (N-methyl/N-ethyl adjacent to an activating group) is 1. The zero-order chi connectivity index (χ0) is 15.2. The van der Waals surface area contributed by atoms with E-state index in [9.17, 15) is 10.1 Å². The summed E-state index contributed by atoms with van der Waals surface area (Å²) >= 11 is 0. The fourth-order valence-corrected chi connectivity index (χ4v) is 1.87. The summed E-state index contributed by atoms with van der Waals surface area (Å²) in [4.78, 5) is 16.3. The lowest BCUT2D eigenvalue weighted by atomic mass is 10.2. The van der Waals surface area contributed by atoms with Crippen molar-refractivity contribution >= 4 is 11.5 Å². The molecule has 2 aromatic rings. The Morgan fingerprint density at radius 1 is 1.29 bits per heavy atom. The molecule has 1 aromatic carbocycles. The summed E-state index contributed by atoms with van der Waals surface area (Å²) in [6.07, 6.45) is 1.54. The monoisotopic (exact) mass is 287 g/mol. The lowest BCUT2D eigenvalue weighted by Crippen LogP contribution is -2.25. The zero-order valence-corrected chi connectivity index (χ0v) is 12.0. The Morgan fingerprint density at radius 2 is 2.00 bits per heavy atom. The van der Waals surface area contributed by atoms with Gasteiger partial charge in [-0.3, -0.25) is 10.1 Å². The predicted octanol–water partition coefficient (Wildman–Crippen LogP) is 2.81. The van der Waals surface area contributed by atoms with E-state index in [4.69, 9.17) is 4.74 Å². The third-order valence-electron chi connectivity index (χ3n) is 3.04. The molecule has 0 fully saturated rings. The van der Waals surface area contributed by atoms with Crippen LogP contribution >= 0.6 is 0 Å². The van der Waals surface area contributed by atoms with Crippen LogP contribution in [0.1, 0.15) is 5.56 Å². The van der Waals surface area contributed by atoms with Crippen molar-refractivity contribution in [2.24, 2.45) is 0 Å². The maximum Gasteiger partial charge on any atom is 0.311 e. The highest BCUT2D eigenvalue weighted by Gasteiger charge is 2.17. The van der Waals surface area contributed by atoms with Crippen molar-refractivity contribution in [3.63, 3.8) is 0 Å². The Labute approximate surface area is 123 Å². The second-order valence-corrected chi connectivity index (χ2v) is 4.69. The first-order valence-corrected chi connectivity index (χ1v) is 6.58. The van der Waals surface area contributed by atoms with E-state index in [1.54, 1.807) is 24.2 Å². The fraction of sp³-hybridized carbons (Fsp3) is 0.267. The average molecular weight is 287 g/mol. The molecule has 0 amide bonds. The molecule has 0 aliphatic rings. The SMILES string of the molecule is Cc1ccc(OCCN(C)c2ncccc2[N+](=O)[O-])cc1. The van der Waals surface area contributed by atoms with Crippen molar-refractivity contribution in [2.45, 2.75) is 6.92 Å². The molecule has 0 saturated carbocycles. The first kappa shape index (κ1) is 14.8. The first-order chi connectivity index (χ1) is 10.1. The smallest absolute Gasteiger partial charge is 0.311 e. The van der Waals surface area contributed by atoms with Gasteiger partial charge in [-0.25, -0.2) is 4.98 Å². The van der Waals surface area contributed by atoms with Gasteiger partial charge >= 0.3 is 5.69 Å². The van der Waals surface area contributed by atoms with Gasteiger partial charge in [-0.05, 0) is 25.1 Å². The summed E-state index contributed by atoms with van der Waals surface area (Å²) in [6.45, 7) is 2.94. The molecule has 0 saturated heterocycles. The van der Waals surface area contributed by atoms with E-state index in [0.29, 0.717) is 19.0 Å². The molecule has 0 spiro atoms. The number of hydrogen-bond donors (Lipinski definition) is 0. The number of rotatable bonds is 6. The van der Waals surface area contributed by atoms with Crippen LogP contribution in [0, 0.1) is 17.0 Å². The van der Waals surface area contributed by atoms with Gasteiger partial charge in [0.1, 0.15) is 12.4 Å². The number of nitro groups is 1. The van der Waals surface area contributed by atoms with Crippen molar-refractivity contribution in [3.8, 4) is 5.75 Å². The van der Waals surface area contributed by atoms with Crippen molar-refractivity contribution in [1.29, 1.82) is 0 Å². The standard InChI is InChI=1S/C15H17N3O3/c1-12-5-7-13(8-6-12)21-11-10-17(2)15-14(18(19)20)4-3-9-16-15/h3-9H,10-11H2,1-2H3. The molecule has 2 rings (SSSR count). The number of anilines is 1. The molecular weight excluding hydrogens is 270 g/mol. The molecule has 0 aliphatic carbocycles. The summed E-state index contributed by atoms with van der Waals surface area (Å²) in [7, 11) is 1.76. The lowest BCUT2D eigenvalue weighted by Gasteiger charge is -2.18. The van der Waals surface area contributed by atoms with Crippen LogP contribution in [0.25, 0.3) is 0 Å². The van der Waals surface area contributed by atoms with Crippen LogP contribution in [0.3, 0.4) is 0 Å². The zero-order valence-electron chi connectivity index (χ0n) is 12.0. The van der Waals surface area contributed by atoms with E-state index in [-0.39, 0.29) is 5.69 Å². The number of hydrogen-bond acceptors (Lipinski definition) is 5. The Kier molecular flexibility index (Phi) is 4.71. The van der Waals surface area contributed by atoms with Gasteiger partial charge in [0.25, 0.3) is 0 Å². The maximum absolute atomic E-state index is 11.0. The Bertz CT molecular complexity index is 614. The van der Waals surface area contributed by atoms with Crippen molar-refractivity contribution < 1.29 is 9.66 Å². The van der Waals surface area contributed by atoms with Gasteiger partial charge < -0.3 is 9.64 Å². The van der Waals surface area contributed by atoms with Gasteiger partial charge in [-0.15, -0.1) is 0 Å². The van der Waals surface area contributed by atoms with Crippen molar-refractivity contribution in [1.82, 2.24) is 4.98 Å². The number of aromatic nitrogens is 1. The number of ether oxygens (including phenoxy) is 1. The van der Waals surface area contributed by atoms with Gasteiger partial charge in [0.05, 0.1) is 11.5 Å². The van der Waals surface area contributed by atoms with Crippen LogP contribution in [0.2, 0.25) is 0 Å². The van der Waals surface area contributed by atoms with E-state index in [0.717, 1.165) is 5.75 Å². The van der Waals surface area contributed by atoms with Crippen molar-refractivity contribution in [2.75, 3.05) is 25.1 Å². The first-order valence-electron chi connectivity index (χ1n) is 6.58. The van der Waals surface area contributed by atoms with Gasteiger partial charge in [-0.1, -0.05) is 17.7 Å². The molecule has 0 aliphatic heterocycles. The molecule has 1 aromatic heterocycles. The fourth-order valence-electron chi connectivity index (χ4n) is 1.87. The topological polar surface area (TPSA) is 68.5 Å². The predicted molar refractivity (Wildman–Crippen MR) is 80.8 cm³/mol. The molecule has 21 heavy (non-hydrogen) atoms. The molecular formula is C15H17N3O3. The Balaban J connectivity index is 1.94. The lowest BCUT2D eigenvalue weighted by molar-refractivity contribution is -0.384. The van der Waals surface area contributed by atoms with E-state index in [1.165, 1.54) is 11.6 Å². The highest BCUT2D eigenvalue weighted by Crippen LogP contribution is 2.23.